The molecule has 0 spiro atoms. The molecule has 0 saturated heterocycles. The van der Waals surface area contributed by atoms with Gasteiger partial charge in [-0.1, -0.05) is 17.8 Å². The van der Waals surface area contributed by atoms with E-state index in [1.165, 1.54) is 12.8 Å². The molecule has 4 rings (SSSR count). The maximum atomic E-state index is 5.76. The molecule has 0 aromatic carbocycles. The van der Waals surface area contributed by atoms with Crippen molar-refractivity contribution in [3.8, 4) is 10.8 Å². The Morgan fingerprint density at radius 2 is 2.29 bits per heavy atom. The second kappa shape index (κ2) is 5.27. The van der Waals surface area contributed by atoms with Crippen LogP contribution in [0.15, 0.2) is 33.4 Å². The largest absolute Gasteiger partial charge is 0.419 e. The first kappa shape index (κ1) is 13.0. The Hall–Kier alpha value is -1.67. The molecule has 1 fully saturated rings. The Kier molecular flexibility index (Phi) is 3.27. The highest BCUT2D eigenvalue weighted by atomic mass is 32.2. The molecule has 3 heterocycles. The second-order valence-electron chi connectivity index (χ2n) is 4.93. The smallest absolute Gasteiger partial charge is 0.257 e. The summed E-state index contributed by atoms with van der Waals surface area (Å²) in [6, 6.07) is 4.52. The summed E-state index contributed by atoms with van der Waals surface area (Å²) < 4.78 is 7.90. The second-order valence-corrected chi connectivity index (χ2v) is 7.19. The summed E-state index contributed by atoms with van der Waals surface area (Å²) in [6.45, 7) is 2.04. The molecule has 0 bridgehead atoms. The van der Waals surface area contributed by atoms with E-state index < -0.39 is 0 Å². The van der Waals surface area contributed by atoms with Gasteiger partial charge in [-0.25, -0.2) is 0 Å². The minimum Gasteiger partial charge on any atom is -0.419 e. The summed E-state index contributed by atoms with van der Waals surface area (Å²) in [7, 11) is 0. The number of thiophene rings is 1. The molecule has 1 unspecified atom stereocenters. The summed E-state index contributed by atoms with van der Waals surface area (Å²) in [6.07, 6.45) is 4.23. The van der Waals surface area contributed by atoms with Gasteiger partial charge in [-0.05, 0) is 31.2 Å². The van der Waals surface area contributed by atoms with Crippen molar-refractivity contribution in [2.75, 3.05) is 0 Å². The van der Waals surface area contributed by atoms with Crippen LogP contribution in [0.3, 0.4) is 0 Å². The Morgan fingerprint density at radius 3 is 3.05 bits per heavy atom. The van der Waals surface area contributed by atoms with Crippen molar-refractivity contribution in [3.63, 3.8) is 0 Å². The molecule has 0 radical (unpaired) electrons. The van der Waals surface area contributed by atoms with E-state index in [2.05, 4.69) is 25.0 Å². The number of hydrogen-bond acceptors (Lipinski definition) is 7. The molecule has 108 valence electrons. The van der Waals surface area contributed by atoms with Crippen LogP contribution in [-0.4, -0.2) is 25.0 Å². The number of hydrogen-bond donors (Lipinski definition) is 0. The van der Waals surface area contributed by atoms with E-state index in [0.717, 1.165) is 10.0 Å². The van der Waals surface area contributed by atoms with Crippen LogP contribution in [0.2, 0.25) is 0 Å². The summed E-state index contributed by atoms with van der Waals surface area (Å²) >= 11 is 3.20. The van der Waals surface area contributed by atoms with Gasteiger partial charge in [-0.3, -0.25) is 0 Å². The van der Waals surface area contributed by atoms with Crippen molar-refractivity contribution in [2.24, 2.45) is 0 Å². The number of rotatable bonds is 5. The highest BCUT2D eigenvalue weighted by molar-refractivity contribution is 7.99. The van der Waals surface area contributed by atoms with Crippen LogP contribution < -0.4 is 0 Å². The Bertz CT molecular complexity index is 731. The van der Waals surface area contributed by atoms with Gasteiger partial charge in [0.15, 0.2) is 5.16 Å². The molecule has 0 aliphatic heterocycles. The molecule has 1 aliphatic carbocycles. The summed E-state index contributed by atoms with van der Waals surface area (Å²) in [5, 5.41) is 19.4. The maximum Gasteiger partial charge on any atom is 0.257 e. The predicted octanol–water partition coefficient (Wildman–Crippen LogP) is 3.58. The molecule has 1 aliphatic rings. The third-order valence-electron chi connectivity index (χ3n) is 3.28. The molecule has 21 heavy (non-hydrogen) atoms. The molecule has 8 heteroatoms. The van der Waals surface area contributed by atoms with Crippen LogP contribution in [0, 0.1) is 0 Å². The first-order valence-electron chi connectivity index (χ1n) is 6.74. The van der Waals surface area contributed by atoms with Gasteiger partial charge in [0.05, 0.1) is 10.1 Å². The third kappa shape index (κ3) is 2.60. The van der Waals surface area contributed by atoms with Crippen LogP contribution >= 0.6 is 23.1 Å². The van der Waals surface area contributed by atoms with E-state index in [9.17, 15) is 0 Å². The summed E-state index contributed by atoms with van der Waals surface area (Å²) in [5.74, 6) is 1.20. The first-order chi connectivity index (χ1) is 10.3. The SMILES string of the molecule is CC(Sc1nncn1C1CC1)c1nnc(-c2cccs2)o1. The summed E-state index contributed by atoms with van der Waals surface area (Å²) in [5.41, 5.74) is 0. The highest BCUT2D eigenvalue weighted by Crippen LogP contribution is 2.40. The molecular weight excluding hydrogens is 306 g/mol. The zero-order valence-corrected chi connectivity index (χ0v) is 13.0. The lowest BCUT2D eigenvalue weighted by Crippen LogP contribution is -1.97. The zero-order chi connectivity index (χ0) is 14.2. The molecule has 3 aromatic heterocycles. The van der Waals surface area contributed by atoms with Crippen molar-refractivity contribution in [3.05, 3.63) is 29.7 Å². The van der Waals surface area contributed by atoms with Gasteiger partial charge in [-0.15, -0.1) is 31.7 Å². The average molecular weight is 319 g/mol. The van der Waals surface area contributed by atoms with Gasteiger partial charge in [0.25, 0.3) is 5.89 Å². The number of thioether (sulfide) groups is 1. The van der Waals surface area contributed by atoms with Crippen molar-refractivity contribution in [2.45, 2.75) is 36.2 Å². The molecule has 0 amide bonds. The zero-order valence-electron chi connectivity index (χ0n) is 11.3. The lowest BCUT2D eigenvalue weighted by molar-refractivity contribution is 0.509. The van der Waals surface area contributed by atoms with E-state index in [1.807, 2.05) is 24.4 Å². The highest BCUT2D eigenvalue weighted by Gasteiger charge is 2.28. The molecule has 1 saturated carbocycles. The van der Waals surface area contributed by atoms with Gasteiger partial charge in [0.1, 0.15) is 6.33 Å². The normalized spacial score (nSPS) is 16.2. The van der Waals surface area contributed by atoms with Crippen molar-refractivity contribution in [1.29, 1.82) is 0 Å². The molecule has 0 N–H and O–H groups in total. The quantitative estimate of drug-likeness (QED) is 0.670. The van der Waals surface area contributed by atoms with Crippen molar-refractivity contribution >= 4 is 23.1 Å². The molecule has 3 aromatic rings. The minimum absolute atomic E-state index is 0.0490. The number of nitrogens with zero attached hydrogens (tertiary/aromatic N) is 5. The van der Waals surface area contributed by atoms with Gasteiger partial charge >= 0.3 is 0 Å². The van der Waals surface area contributed by atoms with Gasteiger partial charge in [-0.2, -0.15) is 0 Å². The molecular formula is C13H13N5OS2. The fourth-order valence-electron chi connectivity index (χ4n) is 2.03. The Labute approximate surface area is 129 Å². The standard InChI is InChI=1S/C13H13N5OS2/c1-8(21-13-17-14-7-18(13)9-4-5-9)11-15-16-12(19-11)10-3-2-6-20-10/h2-3,6-9H,4-5H2,1H3. The fourth-order valence-corrected chi connectivity index (χ4v) is 3.60. The van der Waals surface area contributed by atoms with Gasteiger partial charge in [0, 0.05) is 6.04 Å². The first-order valence-corrected chi connectivity index (χ1v) is 8.50. The van der Waals surface area contributed by atoms with Crippen LogP contribution in [0.25, 0.3) is 10.8 Å². The maximum absolute atomic E-state index is 5.76. The van der Waals surface area contributed by atoms with Crippen LogP contribution in [0.4, 0.5) is 0 Å². The predicted molar refractivity (Wildman–Crippen MR) is 80.2 cm³/mol. The summed E-state index contributed by atoms with van der Waals surface area (Å²) in [4.78, 5) is 0.993. The molecule has 1 atom stereocenters. The van der Waals surface area contributed by atoms with E-state index in [4.69, 9.17) is 4.42 Å². The van der Waals surface area contributed by atoms with E-state index in [-0.39, 0.29) is 5.25 Å². The van der Waals surface area contributed by atoms with E-state index in [0.29, 0.717) is 17.8 Å². The van der Waals surface area contributed by atoms with Crippen LogP contribution in [0.1, 0.15) is 36.9 Å². The van der Waals surface area contributed by atoms with E-state index in [1.54, 1.807) is 29.4 Å². The lowest BCUT2D eigenvalue weighted by Gasteiger charge is -2.07. The fraction of sp³-hybridized carbons (Fsp3) is 0.385. The van der Waals surface area contributed by atoms with Crippen molar-refractivity contribution < 1.29 is 4.42 Å². The average Bonchev–Trinajstić information content (AvgIpc) is 2.94. The van der Waals surface area contributed by atoms with Gasteiger partial charge in [0.2, 0.25) is 5.89 Å². The Balaban J connectivity index is 1.52. The topological polar surface area (TPSA) is 69.6 Å². The van der Waals surface area contributed by atoms with Crippen LogP contribution in [-0.2, 0) is 0 Å². The lowest BCUT2D eigenvalue weighted by atomic mass is 10.5. The van der Waals surface area contributed by atoms with E-state index >= 15 is 0 Å². The monoisotopic (exact) mass is 319 g/mol. The van der Waals surface area contributed by atoms with Crippen molar-refractivity contribution in [1.82, 2.24) is 25.0 Å². The number of aromatic nitrogens is 5. The Morgan fingerprint density at radius 1 is 1.38 bits per heavy atom. The molecule has 6 nitrogen and oxygen atoms in total. The van der Waals surface area contributed by atoms with Crippen LogP contribution in [0.5, 0.6) is 0 Å². The third-order valence-corrected chi connectivity index (χ3v) is 5.20. The van der Waals surface area contributed by atoms with Gasteiger partial charge < -0.3 is 8.98 Å². The minimum atomic E-state index is 0.0490.